The van der Waals surface area contributed by atoms with E-state index < -0.39 is 28.7 Å². The molecule has 0 spiro atoms. The maximum Gasteiger partial charge on any atom is 0.422 e. The SMILES string of the molecule is C=CCS(=O)(=O)NC1=CC=C(C2=CC(C#N)c3ccc(OCC(F)(F)F)cc3N2C2CC2)C(C)C1. The first-order valence-corrected chi connectivity index (χ1v) is 12.9. The van der Waals surface area contributed by atoms with Crippen molar-refractivity contribution in [2.75, 3.05) is 17.3 Å². The lowest BCUT2D eigenvalue weighted by atomic mass is 9.84. The molecule has 186 valence electrons. The molecule has 1 aliphatic heterocycles. The van der Waals surface area contributed by atoms with Crippen LogP contribution in [0.1, 0.15) is 37.7 Å². The summed E-state index contributed by atoms with van der Waals surface area (Å²) >= 11 is 0. The molecular weight excluding hydrogens is 479 g/mol. The summed E-state index contributed by atoms with van der Waals surface area (Å²) in [6, 6.07) is 7.15. The van der Waals surface area contributed by atoms with Crippen molar-refractivity contribution < 1.29 is 26.3 Å². The number of benzene rings is 1. The van der Waals surface area contributed by atoms with Crippen LogP contribution in [0, 0.1) is 17.2 Å². The summed E-state index contributed by atoms with van der Waals surface area (Å²) in [7, 11) is -3.51. The molecule has 1 fully saturated rings. The Labute approximate surface area is 203 Å². The number of hydrogen-bond donors (Lipinski definition) is 1. The fourth-order valence-corrected chi connectivity index (χ4v) is 5.39. The molecule has 0 saturated heterocycles. The topological polar surface area (TPSA) is 82.4 Å². The Hall–Kier alpha value is -3.19. The standard InChI is InChI=1S/C25H26F3N3O3S/c1-3-10-35(32,33)30-18-4-8-21(16(2)11-18)23-12-17(14-29)22-9-7-20(34-15-25(26,27)28)13-24(22)31(23)19-5-6-19/h3-4,7-9,12-13,16-17,19,30H,1,5-6,10-11,15H2,2H3. The number of alkyl halides is 3. The Morgan fingerprint density at radius 3 is 2.66 bits per heavy atom. The minimum atomic E-state index is -4.45. The van der Waals surface area contributed by atoms with Crippen LogP contribution in [0.5, 0.6) is 5.75 Å². The molecule has 2 unspecified atom stereocenters. The van der Waals surface area contributed by atoms with Crippen LogP contribution in [-0.4, -0.2) is 33.0 Å². The molecular formula is C25H26F3N3O3S. The van der Waals surface area contributed by atoms with Crippen molar-refractivity contribution in [3.63, 3.8) is 0 Å². The number of anilines is 1. The molecule has 1 aromatic carbocycles. The van der Waals surface area contributed by atoms with Gasteiger partial charge in [0.15, 0.2) is 6.61 Å². The van der Waals surface area contributed by atoms with Crippen molar-refractivity contribution in [3.8, 4) is 11.8 Å². The second kappa shape index (κ2) is 9.46. The van der Waals surface area contributed by atoms with Crippen LogP contribution >= 0.6 is 0 Å². The van der Waals surface area contributed by atoms with Gasteiger partial charge in [0.25, 0.3) is 0 Å². The quantitative estimate of drug-likeness (QED) is 0.500. The predicted molar refractivity (Wildman–Crippen MR) is 127 cm³/mol. The zero-order valence-corrected chi connectivity index (χ0v) is 20.0. The van der Waals surface area contributed by atoms with Crippen LogP contribution in [0.2, 0.25) is 0 Å². The van der Waals surface area contributed by atoms with Crippen LogP contribution < -0.4 is 14.4 Å². The van der Waals surface area contributed by atoms with Gasteiger partial charge in [0.05, 0.1) is 17.7 Å². The van der Waals surface area contributed by atoms with Crippen molar-refractivity contribution in [2.24, 2.45) is 5.92 Å². The average Bonchev–Trinajstić information content (AvgIpc) is 3.61. The molecule has 35 heavy (non-hydrogen) atoms. The molecule has 10 heteroatoms. The smallest absolute Gasteiger partial charge is 0.422 e. The molecule has 2 atom stereocenters. The highest BCUT2D eigenvalue weighted by Gasteiger charge is 2.39. The number of allylic oxidation sites excluding steroid dienone is 5. The van der Waals surface area contributed by atoms with E-state index in [1.54, 1.807) is 18.2 Å². The van der Waals surface area contributed by atoms with Gasteiger partial charge in [0.2, 0.25) is 10.0 Å². The minimum Gasteiger partial charge on any atom is -0.484 e. The normalized spacial score (nSPS) is 22.3. The summed E-state index contributed by atoms with van der Waals surface area (Å²) in [5, 5.41) is 9.85. The Balaban J connectivity index is 1.69. The molecule has 1 aromatic rings. The summed E-state index contributed by atoms with van der Waals surface area (Å²) in [6.07, 6.45) is 4.63. The Bertz CT molecular complexity index is 1250. The number of nitrogens with zero attached hydrogens (tertiary/aromatic N) is 2. The number of nitrogens with one attached hydrogen (secondary N) is 1. The molecule has 0 bridgehead atoms. The van der Waals surface area contributed by atoms with Gasteiger partial charge in [0.1, 0.15) is 5.75 Å². The molecule has 4 rings (SSSR count). The Morgan fingerprint density at radius 2 is 2.06 bits per heavy atom. The molecule has 0 aromatic heterocycles. The van der Waals surface area contributed by atoms with Gasteiger partial charge in [-0.3, -0.25) is 4.72 Å². The van der Waals surface area contributed by atoms with Gasteiger partial charge >= 0.3 is 6.18 Å². The van der Waals surface area contributed by atoms with E-state index in [1.807, 2.05) is 19.1 Å². The van der Waals surface area contributed by atoms with Crippen LogP contribution in [-0.2, 0) is 10.0 Å². The third-order valence-electron chi connectivity index (χ3n) is 6.07. The summed E-state index contributed by atoms with van der Waals surface area (Å²) in [5.41, 5.74) is 3.73. The van der Waals surface area contributed by atoms with Gasteiger partial charge in [-0.25, -0.2) is 8.42 Å². The van der Waals surface area contributed by atoms with Crippen LogP contribution in [0.15, 0.2) is 66.0 Å². The third kappa shape index (κ3) is 5.73. The van der Waals surface area contributed by atoms with Crippen LogP contribution in [0.25, 0.3) is 0 Å². The maximum atomic E-state index is 12.7. The van der Waals surface area contributed by atoms with Crippen molar-refractivity contribution in [3.05, 3.63) is 71.6 Å². The van der Waals surface area contributed by atoms with Gasteiger partial charge in [-0.15, -0.1) is 6.58 Å². The van der Waals surface area contributed by atoms with Crippen molar-refractivity contribution in [2.45, 2.75) is 44.3 Å². The molecule has 6 nitrogen and oxygen atoms in total. The maximum absolute atomic E-state index is 12.7. The van der Waals surface area contributed by atoms with E-state index in [9.17, 15) is 26.9 Å². The van der Waals surface area contributed by atoms with E-state index in [1.165, 1.54) is 12.1 Å². The number of fused-ring (bicyclic) bond motifs is 1. The number of ether oxygens (including phenoxy) is 1. The second-order valence-electron chi connectivity index (χ2n) is 8.98. The summed E-state index contributed by atoms with van der Waals surface area (Å²) < 4.78 is 69.9. The van der Waals surface area contributed by atoms with E-state index >= 15 is 0 Å². The van der Waals surface area contributed by atoms with E-state index in [2.05, 4.69) is 22.3 Å². The van der Waals surface area contributed by atoms with E-state index in [4.69, 9.17) is 4.74 Å². The first-order chi connectivity index (χ1) is 16.5. The van der Waals surface area contributed by atoms with E-state index in [-0.39, 0.29) is 23.5 Å². The van der Waals surface area contributed by atoms with Crippen molar-refractivity contribution in [1.29, 1.82) is 5.26 Å². The lowest BCUT2D eigenvalue weighted by Gasteiger charge is -2.38. The number of halogens is 3. The molecule has 1 heterocycles. The summed E-state index contributed by atoms with van der Waals surface area (Å²) in [4.78, 5) is 2.09. The highest BCUT2D eigenvalue weighted by atomic mass is 32.2. The number of sulfonamides is 1. The van der Waals surface area contributed by atoms with E-state index in [0.717, 1.165) is 29.7 Å². The van der Waals surface area contributed by atoms with E-state index in [0.29, 0.717) is 17.8 Å². The predicted octanol–water partition coefficient (Wildman–Crippen LogP) is 5.06. The molecule has 2 aliphatic carbocycles. The lowest BCUT2D eigenvalue weighted by Crippen LogP contribution is -2.33. The van der Waals surface area contributed by atoms with Crippen LogP contribution in [0.4, 0.5) is 18.9 Å². The van der Waals surface area contributed by atoms with Crippen molar-refractivity contribution in [1.82, 2.24) is 4.72 Å². The highest BCUT2D eigenvalue weighted by molar-refractivity contribution is 7.89. The van der Waals surface area contributed by atoms with Crippen LogP contribution in [0.3, 0.4) is 0 Å². The fraction of sp³-hybridized carbons (Fsp3) is 0.400. The van der Waals surface area contributed by atoms with Gasteiger partial charge < -0.3 is 9.64 Å². The lowest BCUT2D eigenvalue weighted by molar-refractivity contribution is -0.153. The first-order valence-electron chi connectivity index (χ1n) is 11.3. The summed E-state index contributed by atoms with van der Waals surface area (Å²) in [6.45, 7) is 4.05. The molecule has 3 aliphatic rings. The van der Waals surface area contributed by atoms with Gasteiger partial charge in [-0.2, -0.15) is 18.4 Å². The Kier molecular flexibility index (Phi) is 6.73. The number of nitriles is 1. The largest absolute Gasteiger partial charge is 0.484 e. The monoisotopic (exact) mass is 505 g/mol. The highest BCUT2D eigenvalue weighted by Crippen LogP contribution is 2.48. The summed E-state index contributed by atoms with van der Waals surface area (Å²) in [5.74, 6) is -0.722. The van der Waals surface area contributed by atoms with Gasteiger partial charge in [-0.1, -0.05) is 25.1 Å². The molecule has 0 radical (unpaired) electrons. The fourth-order valence-electron chi connectivity index (χ4n) is 4.45. The molecule has 1 saturated carbocycles. The second-order valence-corrected chi connectivity index (χ2v) is 10.7. The Morgan fingerprint density at radius 1 is 1.31 bits per heavy atom. The van der Waals surface area contributed by atoms with Crippen molar-refractivity contribution >= 4 is 15.7 Å². The molecule has 1 N–H and O–H groups in total. The third-order valence-corrected chi connectivity index (χ3v) is 7.32. The van der Waals surface area contributed by atoms with Gasteiger partial charge in [-0.05, 0) is 54.5 Å². The number of hydrogen-bond acceptors (Lipinski definition) is 5. The zero-order chi connectivity index (χ0) is 25.4. The average molecular weight is 506 g/mol. The first kappa shape index (κ1) is 24.9. The number of rotatable bonds is 8. The van der Waals surface area contributed by atoms with Gasteiger partial charge in [0, 0.05) is 29.2 Å². The molecule has 0 amide bonds. The zero-order valence-electron chi connectivity index (χ0n) is 19.2. The minimum absolute atomic E-state index is 0.0560.